The largest absolute Gasteiger partial charge is 0.366 e. The summed E-state index contributed by atoms with van der Waals surface area (Å²) in [7, 11) is 0. The van der Waals surface area contributed by atoms with Gasteiger partial charge in [0.25, 0.3) is 5.91 Å². The number of nitrogens with zero attached hydrogens (tertiary/aromatic N) is 3. The highest BCUT2D eigenvalue weighted by atomic mass is 16.2. The Bertz CT molecular complexity index is 736. The number of hydrogen-bond donors (Lipinski definition) is 2. The molecule has 0 atom stereocenters. The molecular weight excluding hydrogens is 302 g/mol. The Morgan fingerprint density at radius 3 is 2.54 bits per heavy atom. The van der Waals surface area contributed by atoms with E-state index in [1.54, 1.807) is 0 Å². The van der Waals surface area contributed by atoms with Gasteiger partial charge in [0.15, 0.2) is 0 Å². The van der Waals surface area contributed by atoms with Gasteiger partial charge in [-0.25, -0.2) is 0 Å². The first-order valence-corrected chi connectivity index (χ1v) is 8.26. The SMILES string of the molecule is Cc1cccc(C)c1/C=C/C1CCN(C(=O)c2nc(N)n[nH]2)CC1. The number of H-pyrrole nitrogens is 1. The molecule has 6 heteroatoms. The van der Waals surface area contributed by atoms with E-state index in [1.165, 1.54) is 16.7 Å². The number of piperidine rings is 1. The van der Waals surface area contributed by atoms with Gasteiger partial charge in [-0.05, 0) is 49.3 Å². The zero-order valence-electron chi connectivity index (χ0n) is 14.1. The highest BCUT2D eigenvalue weighted by molar-refractivity contribution is 5.90. The Balaban J connectivity index is 1.59. The second kappa shape index (κ2) is 6.86. The number of likely N-dealkylation sites (tertiary alicyclic amines) is 1. The van der Waals surface area contributed by atoms with Crippen molar-refractivity contribution in [1.82, 2.24) is 20.1 Å². The number of anilines is 1. The van der Waals surface area contributed by atoms with Gasteiger partial charge in [-0.3, -0.25) is 9.89 Å². The molecule has 2 heterocycles. The lowest BCUT2D eigenvalue weighted by Gasteiger charge is -2.30. The fourth-order valence-corrected chi connectivity index (χ4v) is 3.14. The van der Waals surface area contributed by atoms with Crippen LogP contribution in [0, 0.1) is 19.8 Å². The molecule has 0 unspecified atom stereocenters. The number of amides is 1. The molecule has 1 amide bonds. The lowest BCUT2D eigenvalue weighted by atomic mass is 9.94. The summed E-state index contributed by atoms with van der Waals surface area (Å²) in [6.45, 7) is 5.72. The summed E-state index contributed by atoms with van der Waals surface area (Å²) in [5, 5.41) is 6.29. The minimum atomic E-state index is -0.128. The van der Waals surface area contributed by atoms with Gasteiger partial charge in [-0.15, -0.1) is 5.10 Å². The Morgan fingerprint density at radius 2 is 1.96 bits per heavy atom. The van der Waals surface area contributed by atoms with E-state index in [2.05, 4.69) is 59.4 Å². The topological polar surface area (TPSA) is 87.9 Å². The molecule has 126 valence electrons. The first-order chi connectivity index (χ1) is 11.5. The van der Waals surface area contributed by atoms with E-state index in [0.717, 1.165) is 25.9 Å². The molecule has 1 aromatic heterocycles. The molecule has 0 aliphatic carbocycles. The van der Waals surface area contributed by atoms with Crippen molar-refractivity contribution in [3.05, 3.63) is 46.8 Å². The number of allylic oxidation sites excluding steroid dienone is 1. The lowest BCUT2D eigenvalue weighted by molar-refractivity contribution is 0.0694. The normalized spacial score (nSPS) is 16.0. The van der Waals surface area contributed by atoms with Crippen LogP contribution in [0.2, 0.25) is 0 Å². The number of rotatable bonds is 3. The number of benzene rings is 1. The van der Waals surface area contributed by atoms with Crippen molar-refractivity contribution in [3.8, 4) is 0 Å². The standard InChI is InChI=1S/C18H23N5O/c1-12-4-3-5-13(2)15(12)7-6-14-8-10-23(11-9-14)17(24)16-20-18(19)22-21-16/h3-7,14H,8-11H2,1-2H3,(H3,19,20,21,22)/b7-6+. The van der Waals surface area contributed by atoms with Crippen LogP contribution < -0.4 is 5.73 Å². The van der Waals surface area contributed by atoms with Crippen LogP contribution in [-0.2, 0) is 0 Å². The number of aromatic nitrogens is 3. The molecule has 2 aromatic rings. The zero-order valence-corrected chi connectivity index (χ0v) is 14.1. The minimum absolute atomic E-state index is 0.102. The molecule has 0 bridgehead atoms. The number of aryl methyl sites for hydroxylation is 2. The third kappa shape index (κ3) is 3.48. The Kier molecular flexibility index (Phi) is 4.64. The van der Waals surface area contributed by atoms with E-state index in [9.17, 15) is 4.79 Å². The van der Waals surface area contributed by atoms with Gasteiger partial charge in [0.05, 0.1) is 0 Å². The maximum absolute atomic E-state index is 12.3. The van der Waals surface area contributed by atoms with E-state index >= 15 is 0 Å². The van der Waals surface area contributed by atoms with Gasteiger partial charge in [0.1, 0.15) is 0 Å². The van der Waals surface area contributed by atoms with Crippen LogP contribution in [0.3, 0.4) is 0 Å². The van der Waals surface area contributed by atoms with Gasteiger partial charge in [-0.2, -0.15) is 4.98 Å². The number of aromatic amines is 1. The molecule has 1 fully saturated rings. The quantitative estimate of drug-likeness (QED) is 0.908. The first-order valence-electron chi connectivity index (χ1n) is 8.26. The van der Waals surface area contributed by atoms with Crippen LogP contribution in [0.5, 0.6) is 0 Å². The molecule has 1 aliphatic rings. The average molecular weight is 325 g/mol. The number of nitrogens with two attached hydrogens (primary N) is 1. The van der Waals surface area contributed by atoms with Crippen molar-refractivity contribution in [1.29, 1.82) is 0 Å². The van der Waals surface area contributed by atoms with Crippen molar-refractivity contribution in [2.75, 3.05) is 18.8 Å². The van der Waals surface area contributed by atoms with Crippen LogP contribution >= 0.6 is 0 Å². The maximum Gasteiger partial charge on any atom is 0.291 e. The Hall–Kier alpha value is -2.63. The molecule has 6 nitrogen and oxygen atoms in total. The van der Waals surface area contributed by atoms with E-state index in [4.69, 9.17) is 5.73 Å². The van der Waals surface area contributed by atoms with Crippen LogP contribution in [0.15, 0.2) is 24.3 Å². The summed E-state index contributed by atoms with van der Waals surface area (Å²) >= 11 is 0. The predicted molar refractivity (Wildman–Crippen MR) is 94.4 cm³/mol. The number of nitrogens with one attached hydrogen (secondary N) is 1. The van der Waals surface area contributed by atoms with Crippen LogP contribution in [0.4, 0.5) is 5.95 Å². The smallest absolute Gasteiger partial charge is 0.291 e. The number of nitrogen functional groups attached to an aromatic ring is 1. The average Bonchev–Trinajstić information content (AvgIpc) is 3.01. The first kappa shape index (κ1) is 16.2. The second-order valence-corrected chi connectivity index (χ2v) is 6.34. The molecule has 1 saturated heterocycles. The van der Waals surface area contributed by atoms with E-state index in [1.807, 2.05) is 4.90 Å². The Morgan fingerprint density at radius 1 is 1.29 bits per heavy atom. The van der Waals surface area contributed by atoms with Gasteiger partial charge in [-0.1, -0.05) is 30.4 Å². The molecule has 24 heavy (non-hydrogen) atoms. The summed E-state index contributed by atoms with van der Waals surface area (Å²) < 4.78 is 0. The summed E-state index contributed by atoms with van der Waals surface area (Å²) in [4.78, 5) is 18.0. The van der Waals surface area contributed by atoms with E-state index in [-0.39, 0.29) is 17.7 Å². The third-order valence-electron chi connectivity index (χ3n) is 4.61. The van der Waals surface area contributed by atoms with Crippen molar-refractivity contribution in [2.45, 2.75) is 26.7 Å². The highest BCUT2D eigenvalue weighted by Gasteiger charge is 2.24. The molecule has 0 spiro atoms. The molecule has 0 saturated carbocycles. The second-order valence-electron chi connectivity index (χ2n) is 6.34. The number of carbonyl (C=O) groups excluding carboxylic acids is 1. The fraction of sp³-hybridized carbons (Fsp3) is 0.389. The molecule has 3 rings (SSSR count). The van der Waals surface area contributed by atoms with Crippen molar-refractivity contribution in [2.24, 2.45) is 5.92 Å². The highest BCUT2D eigenvalue weighted by Crippen LogP contribution is 2.22. The summed E-state index contributed by atoms with van der Waals surface area (Å²) in [6, 6.07) is 6.36. The van der Waals surface area contributed by atoms with E-state index in [0.29, 0.717) is 5.92 Å². The molecule has 3 N–H and O–H groups in total. The lowest BCUT2D eigenvalue weighted by Crippen LogP contribution is -2.38. The van der Waals surface area contributed by atoms with Crippen molar-refractivity contribution in [3.63, 3.8) is 0 Å². The minimum Gasteiger partial charge on any atom is -0.366 e. The zero-order chi connectivity index (χ0) is 17.1. The predicted octanol–water partition coefficient (Wildman–Crippen LogP) is 2.57. The van der Waals surface area contributed by atoms with Gasteiger partial charge < -0.3 is 10.6 Å². The maximum atomic E-state index is 12.3. The fourth-order valence-electron chi connectivity index (χ4n) is 3.14. The number of hydrogen-bond acceptors (Lipinski definition) is 4. The van der Waals surface area contributed by atoms with Crippen LogP contribution in [0.25, 0.3) is 6.08 Å². The molecule has 0 radical (unpaired) electrons. The monoisotopic (exact) mass is 325 g/mol. The van der Waals surface area contributed by atoms with Gasteiger partial charge in [0.2, 0.25) is 11.8 Å². The summed E-state index contributed by atoms with van der Waals surface area (Å²) in [6.07, 6.45) is 6.42. The van der Waals surface area contributed by atoms with Crippen molar-refractivity contribution >= 4 is 17.9 Å². The van der Waals surface area contributed by atoms with Crippen molar-refractivity contribution < 1.29 is 4.79 Å². The molecule has 1 aliphatic heterocycles. The third-order valence-corrected chi connectivity index (χ3v) is 4.61. The van der Waals surface area contributed by atoms with Crippen LogP contribution in [-0.4, -0.2) is 39.1 Å². The number of carbonyl (C=O) groups is 1. The summed E-state index contributed by atoms with van der Waals surface area (Å²) in [5.41, 5.74) is 9.34. The van der Waals surface area contributed by atoms with Gasteiger partial charge >= 0.3 is 0 Å². The van der Waals surface area contributed by atoms with E-state index < -0.39 is 0 Å². The Labute approximate surface area is 141 Å². The van der Waals surface area contributed by atoms with Gasteiger partial charge in [0, 0.05) is 13.1 Å². The molecule has 1 aromatic carbocycles. The van der Waals surface area contributed by atoms with Crippen LogP contribution in [0.1, 0.15) is 40.2 Å². The molecular formula is C18H23N5O. The summed E-state index contributed by atoms with van der Waals surface area (Å²) in [5.74, 6) is 0.686.